The van der Waals surface area contributed by atoms with Crippen molar-refractivity contribution in [2.45, 2.75) is 6.92 Å². The van der Waals surface area contributed by atoms with Crippen molar-refractivity contribution in [2.75, 3.05) is 0 Å². The number of hydrogen-bond donors (Lipinski definition) is 1. The summed E-state index contributed by atoms with van der Waals surface area (Å²) in [7, 11) is 0. The average Bonchev–Trinajstić information content (AvgIpc) is 2.30. The minimum Gasteiger partial charge on any atom is -0.365 e. The summed E-state index contributed by atoms with van der Waals surface area (Å²) >= 11 is 6.02. The fourth-order valence-corrected chi connectivity index (χ4v) is 1.33. The van der Waals surface area contributed by atoms with Gasteiger partial charge in [-0.3, -0.25) is 4.79 Å². The molecule has 0 saturated carbocycles. The number of nitrogens with zero attached hydrogens (tertiary/aromatic N) is 1. The Labute approximate surface area is 105 Å². The van der Waals surface area contributed by atoms with Gasteiger partial charge in [0, 0.05) is 5.03 Å². The highest BCUT2D eigenvalue weighted by molar-refractivity contribution is 6.48. The third-order valence-corrected chi connectivity index (χ3v) is 2.45. The monoisotopic (exact) mass is 246 g/mol. The summed E-state index contributed by atoms with van der Waals surface area (Å²) in [4.78, 5) is 10.8. The van der Waals surface area contributed by atoms with Crippen molar-refractivity contribution in [3.05, 3.63) is 53.1 Å². The predicted molar refractivity (Wildman–Crippen MR) is 67.9 cm³/mol. The second kappa shape index (κ2) is 5.88. The van der Waals surface area contributed by atoms with E-state index in [0.717, 1.165) is 11.1 Å². The van der Waals surface area contributed by atoms with E-state index in [1.54, 1.807) is 6.07 Å². The first-order chi connectivity index (χ1) is 8.04. The number of nitrogens with two attached hydrogens (primary N) is 1. The van der Waals surface area contributed by atoms with Crippen LogP contribution in [0, 0.1) is 18.3 Å². The molecule has 2 N–H and O–H groups in total. The predicted octanol–water partition coefficient (Wildman–Crippen LogP) is 2.51. The highest BCUT2D eigenvalue weighted by Crippen LogP contribution is 2.19. The molecule has 0 heterocycles. The van der Waals surface area contributed by atoms with Gasteiger partial charge in [0.2, 0.25) is 0 Å². The summed E-state index contributed by atoms with van der Waals surface area (Å²) < 4.78 is 0. The van der Waals surface area contributed by atoms with Crippen LogP contribution in [0.2, 0.25) is 0 Å². The van der Waals surface area contributed by atoms with Crippen molar-refractivity contribution < 1.29 is 4.79 Å². The van der Waals surface area contributed by atoms with Gasteiger partial charge in [-0.15, -0.1) is 0 Å². The van der Waals surface area contributed by atoms with Gasteiger partial charge < -0.3 is 5.73 Å². The van der Waals surface area contributed by atoms with E-state index in [-0.39, 0.29) is 5.57 Å². The van der Waals surface area contributed by atoms with Crippen LogP contribution in [0.25, 0.3) is 5.03 Å². The zero-order valence-electron chi connectivity index (χ0n) is 9.27. The molecule has 0 fully saturated rings. The zero-order valence-corrected chi connectivity index (χ0v) is 10.0. The van der Waals surface area contributed by atoms with E-state index in [0.29, 0.717) is 5.03 Å². The zero-order chi connectivity index (χ0) is 12.8. The van der Waals surface area contributed by atoms with Crippen molar-refractivity contribution in [3.8, 4) is 6.07 Å². The Balaban J connectivity index is 2.98. The number of allylic oxidation sites excluding steroid dienone is 2. The topological polar surface area (TPSA) is 66.9 Å². The first-order valence-corrected chi connectivity index (χ1v) is 5.27. The summed E-state index contributed by atoms with van der Waals surface area (Å²) in [5.74, 6) is -0.767. The van der Waals surface area contributed by atoms with Crippen LogP contribution in [0.15, 0.2) is 42.0 Å². The summed E-state index contributed by atoms with van der Waals surface area (Å²) in [6, 6.07) is 9.27. The first kappa shape index (κ1) is 13.0. The minimum atomic E-state index is -0.767. The molecule has 0 bridgehead atoms. The Morgan fingerprint density at radius 1 is 1.35 bits per heavy atom. The lowest BCUT2D eigenvalue weighted by atomic mass is 10.1. The van der Waals surface area contributed by atoms with E-state index < -0.39 is 5.91 Å². The van der Waals surface area contributed by atoms with Crippen molar-refractivity contribution in [1.29, 1.82) is 5.26 Å². The molecule has 0 aromatic heterocycles. The number of nitriles is 1. The van der Waals surface area contributed by atoms with Crippen molar-refractivity contribution in [3.63, 3.8) is 0 Å². The SMILES string of the molecule is Cc1ccc(/C(Cl)=C/C=C(\C#N)C(N)=O)cc1. The lowest BCUT2D eigenvalue weighted by molar-refractivity contribution is -0.114. The Bertz CT molecular complexity index is 521. The molecule has 86 valence electrons. The van der Waals surface area contributed by atoms with Crippen LogP contribution >= 0.6 is 11.6 Å². The second-order valence-electron chi connectivity index (χ2n) is 3.44. The van der Waals surface area contributed by atoms with Crippen LogP contribution < -0.4 is 5.73 Å². The van der Waals surface area contributed by atoms with Gasteiger partial charge in [-0.25, -0.2) is 0 Å². The van der Waals surface area contributed by atoms with Crippen LogP contribution in [-0.2, 0) is 4.79 Å². The summed E-state index contributed by atoms with van der Waals surface area (Å²) in [5, 5.41) is 9.07. The fraction of sp³-hybridized carbons (Fsp3) is 0.0769. The molecule has 0 radical (unpaired) electrons. The summed E-state index contributed by atoms with van der Waals surface area (Å²) in [6.07, 6.45) is 2.79. The number of halogens is 1. The summed E-state index contributed by atoms with van der Waals surface area (Å²) in [6.45, 7) is 1.97. The largest absolute Gasteiger partial charge is 0.365 e. The number of amides is 1. The smallest absolute Gasteiger partial charge is 0.259 e. The lowest BCUT2D eigenvalue weighted by Gasteiger charge is -1.98. The maximum Gasteiger partial charge on any atom is 0.259 e. The number of carbonyl (C=O) groups excluding carboxylic acids is 1. The van der Waals surface area contributed by atoms with Crippen LogP contribution in [0.3, 0.4) is 0 Å². The molecule has 0 aliphatic rings. The van der Waals surface area contributed by atoms with E-state index in [1.807, 2.05) is 31.2 Å². The Morgan fingerprint density at radius 2 is 1.94 bits per heavy atom. The number of rotatable bonds is 3. The molecule has 1 amide bonds. The van der Waals surface area contributed by atoms with Crippen molar-refractivity contribution in [1.82, 2.24) is 0 Å². The summed E-state index contributed by atoms with van der Waals surface area (Å²) in [5.41, 5.74) is 6.80. The molecule has 0 spiro atoms. The molecule has 17 heavy (non-hydrogen) atoms. The second-order valence-corrected chi connectivity index (χ2v) is 3.84. The number of benzene rings is 1. The number of carbonyl (C=O) groups is 1. The maximum atomic E-state index is 10.8. The van der Waals surface area contributed by atoms with E-state index in [2.05, 4.69) is 0 Å². The molecular formula is C13H11ClN2O. The van der Waals surface area contributed by atoms with Crippen LogP contribution in [0.4, 0.5) is 0 Å². The molecule has 0 unspecified atom stereocenters. The lowest BCUT2D eigenvalue weighted by Crippen LogP contribution is -2.12. The fourth-order valence-electron chi connectivity index (χ4n) is 1.14. The van der Waals surface area contributed by atoms with E-state index in [1.165, 1.54) is 12.2 Å². The Morgan fingerprint density at radius 3 is 2.41 bits per heavy atom. The first-order valence-electron chi connectivity index (χ1n) is 4.89. The third kappa shape index (κ3) is 3.78. The molecule has 3 nitrogen and oxygen atoms in total. The van der Waals surface area contributed by atoms with Crippen LogP contribution in [0.5, 0.6) is 0 Å². The Hall–Kier alpha value is -2.05. The molecule has 4 heteroatoms. The molecule has 0 aliphatic carbocycles. The van der Waals surface area contributed by atoms with Gasteiger partial charge in [-0.05, 0) is 24.6 Å². The van der Waals surface area contributed by atoms with Gasteiger partial charge in [-0.1, -0.05) is 41.4 Å². The van der Waals surface area contributed by atoms with Gasteiger partial charge in [0.1, 0.15) is 11.6 Å². The minimum absolute atomic E-state index is 0.129. The number of aryl methyl sites for hydroxylation is 1. The quantitative estimate of drug-likeness (QED) is 0.506. The van der Waals surface area contributed by atoms with Gasteiger partial charge >= 0.3 is 0 Å². The third-order valence-electron chi connectivity index (χ3n) is 2.11. The molecule has 0 atom stereocenters. The number of primary amides is 1. The standard InChI is InChI=1S/C13H11ClN2O/c1-9-2-4-10(5-3-9)12(14)7-6-11(8-15)13(16)17/h2-7H,1H3,(H2,16,17)/b11-6+,12-7-. The van der Waals surface area contributed by atoms with E-state index >= 15 is 0 Å². The molecule has 0 saturated heterocycles. The van der Waals surface area contributed by atoms with Gasteiger partial charge in [0.15, 0.2) is 0 Å². The van der Waals surface area contributed by atoms with Crippen LogP contribution in [0.1, 0.15) is 11.1 Å². The maximum absolute atomic E-state index is 10.8. The van der Waals surface area contributed by atoms with Gasteiger partial charge in [0.05, 0.1) is 0 Å². The van der Waals surface area contributed by atoms with Crippen LogP contribution in [-0.4, -0.2) is 5.91 Å². The number of hydrogen-bond acceptors (Lipinski definition) is 2. The van der Waals surface area contributed by atoms with Gasteiger partial charge in [-0.2, -0.15) is 5.26 Å². The van der Waals surface area contributed by atoms with Crippen molar-refractivity contribution in [2.24, 2.45) is 5.73 Å². The van der Waals surface area contributed by atoms with E-state index in [9.17, 15) is 4.79 Å². The highest BCUT2D eigenvalue weighted by Gasteiger charge is 2.01. The average molecular weight is 247 g/mol. The van der Waals surface area contributed by atoms with Gasteiger partial charge in [0.25, 0.3) is 5.91 Å². The Kier molecular flexibility index (Phi) is 4.50. The van der Waals surface area contributed by atoms with E-state index in [4.69, 9.17) is 22.6 Å². The molecule has 1 aromatic carbocycles. The highest BCUT2D eigenvalue weighted by atomic mass is 35.5. The normalized spacial score (nSPS) is 12.1. The van der Waals surface area contributed by atoms with Crippen molar-refractivity contribution >= 4 is 22.5 Å². The molecule has 0 aliphatic heterocycles. The molecule has 1 aromatic rings. The molecular weight excluding hydrogens is 236 g/mol. The molecule has 1 rings (SSSR count).